The van der Waals surface area contributed by atoms with Gasteiger partial charge in [-0.2, -0.15) is 0 Å². The first-order valence-corrected chi connectivity index (χ1v) is 7.14. The van der Waals surface area contributed by atoms with Crippen molar-refractivity contribution in [3.8, 4) is 0 Å². The average Bonchev–Trinajstić information content (AvgIpc) is 2.30. The Morgan fingerprint density at radius 1 is 1.41 bits per heavy atom. The molecule has 0 amide bonds. The Morgan fingerprint density at radius 2 is 2.06 bits per heavy atom. The van der Waals surface area contributed by atoms with Gasteiger partial charge in [-0.05, 0) is 19.2 Å². The lowest BCUT2D eigenvalue weighted by Gasteiger charge is -2.20. The summed E-state index contributed by atoms with van der Waals surface area (Å²) in [6, 6.07) is 10.5. The van der Waals surface area contributed by atoms with E-state index in [0.717, 1.165) is 18.8 Å². The molecular weight excluding hydrogens is 248 g/mol. The van der Waals surface area contributed by atoms with Crippen LogP contribution < -0.4 is 5.73 Å². The molecule has 1 aromatic rings. The Balaban J connectivity index is 2.20. The lowest BCUT2D eigenvalue weighted by molar-refractivity contribution is 0.334. The third-order valence-electron chi connectivity index (χ3n) is 2.56. The highest BCUT2D eigenvalue weighted by Gasteiger charge is 2.08. The first-order chi connectivity index (χ1) is 8.09. The van der Waals surface area contributed by atoms with E-state index in [1.54, 1.807) is 0 Å². The quantitative estimate of drug-likeness (QED) is 0.608. The highest BCUT2D eigenvalue weighted by molar-refractivity contribution is 7.99. The third kappa shape index (κ3) is 6.05. The molecule has 0 bridgehead atoms. The number of nitrogens with two attached hydrogens (primary N) is 1. The van der Waals surface area contributed by atoms with Gasteiger partial charge in [-0.25, -0.2) is 0 Å². The van der Waals surface area contributed by atoms with Gasteiger partial charge in [0, 0.05) is 29.7 Å². The summed E-state index contributed by atoms with van der Waals surface area (Å²) >= 11 is 6.85. The molecule has 0 spiro atoms. The summed E-state index contributed by atoms with van der Waals surface area (Å²) in [5, 5.41) is 0. The Morgan fingerprint density at radius 3 is 2.65 bits per heavy atom. The highest BCUT2D eigenvalue weighted by atomic mass is 32.2. The van der Waals surface area contributed by atoms with Crippen LogP contribution in [0.3, 0.4) is 0 Å². The summed E-state index contributed by atoms with van der Waals surface area (Å²) in [5.41, 5.74) is 5.60. The second-order valence-corrected chi connectivity index (χ2v) is 5.87. The predicted octanol–water partition coefficient (Wildman–Crippen LogP) is 2.63. The number of thiocarbonyl (C=S) groups is 1. The smallest absolute Gasteiger partial charge is 0.0768 e. The zero-order chi connectivity index (χ0) is 12.7. The molecule has 1 atom stereocenters. The number of benzene rings is 1. The number of thioether (sulfide) groups is 1. The van der Waals surface area contributed by atoms with E-state index in [1.165, 1.54) is 4.90 Å². The van der Waals surface area contributed by atoms with Crippen LogP contribution in [-0.4, -0.2) is 35.8 Å². The molecule has 0 heterocycles. The van der Waals surface area contributed by atoms with Crippen molar-refractivity contribution in [3.05, 3.63) is 30.3 Å². The Kier molecular flexibility index (Phi) is 6.55. The van der Waals surface area contributed by atoms with Gasteiger partial charge in [0.15, 0.2) is 0 Å². The monoisotopic (exact) mass is 268 g/mol. The normalized spacial score (nSPS) is 12.6. The molecule has 0 fully saturated rings. The van der Waals surface area contributed by atoms with Crippen molar-refractivity contribution in [1.29, 1.82) is 0 Å². The van der Waals surface area contributed by atoms with Crippen LogP contribution in [0.1, 0.15) is 6.92 Å². The van der Waals surface area contributed by atoms with E-state index in [4.69, 9.17) is 18.0 Å². The number of hydrogen-bond acceptors (Lipinski definition) is 3. The van der Waals surface area contributed by atoms with Crippen LogP contribution in [0.25, 0.3) is 0 Å². The van der Waals surface area contributed by atoms with E-state index in [-0.39, 0.29) is 5.92 Å². The molecule has 17 heavy (non-hydrogen) atoms. The lowest BCUT2D eigenvalue weighted by atomic mass is 10.2. The Labute approximate surface area is 114 Å². The molecule has 2 nitrogen and oxygen atoms in total. The molecule has 2 N–H and O–H groups in total. The zero-order valence-corrected chi connectivity index (χ0v) is 12.1. The minimum absolute atomic E-state index is 0.289. The van der Waals surface area contributed by atoms with Gasteiger partial charge in [0.25, 0.3) is 0 Å². The second kappa shape index (κ2) is 7.69. The topological polar surface area (TPSA) is 29.3 Å². The first-order valence-electron chi connectivity index (χ1n) is 5.75. The van der Waals surface area contributed by atoms with Crippen LogP contribution >= 0.6 is 24.0 Å². The molecule has 1 aromatic carbocycles. The van der Waals surface area contributed by atoms with Crippen LogP contribution in [0.5, 0.6) is 0 Å². The maximum Gasteiger partial charge on any atom is 0.0768 e. The number of nitrogens with zero attached hydrogens (tertiary/aromatic N) is 1. The summed E-state index contributed by atoms with van der Waals surface area (Å²) in [7, 11) is 2.11. The van der Waals surface area contributed by atoms with E-state index in [0.29, 0.717) is 4.99 Å². The van der Waals surface area contributed by atoms with Crippen molar-refractivity contribution < 1.29 is 0 Å². The van der Waals surface area contributed by atoms with Crippen molar-refractivity contribution in [2.24, 2.45) is 11.7 Å². The number of hydrogen-bond donors (Lipinski definition) is 1. The predicted molar refractivity (Wildman–Crippen MR) is 80.6 cm³/mol. The van der Waals surface area contributed by atoms with Crippen LogP contribution in [-0.2, 0) is 0 Å². The molecule has 0 aliphatic heterocycles. The van der Waals surface area contributed by atoms with Crippen LogP contribution in [0.2, 0.25) is 0 Å². The van der Waals surface area contributed by atoms with Gasteiger partial charge in [-0.3, -0.25) is 0 Å². The molecule has 0 aliphatic rings. The van der Waals surface area contributed by atoms with Crippen molar-refractivity contribution in [2.75, 3.05) is 25.9 Å². The van der Waals surface area contributed by atoms with E-state index < -0.39 is 0 Å². The van der Waals surface area contributed by atoms with Crippen molar-refractivity contribution >= 4 is 29.0 Å². The fraction of sp³-hybridized carbons (Fsp3) is 0.462. The summed E-state index contributed by atoms with van der Waals surface area (Å²) in [6.07, 6.45) is 0. The van der Waals surface area contributed by atoms with Crippen LogP contribution in [0.4, 0.5) is 0 Å². The molecule has 1 rings (SSSR count). The van der Waals surface area contributed by atoms with Gasteiger partial charge >= 0.3 is 0 Å². The fourth-order valence-corrected chi connectivity index (χ4v) is 2.55. The van der Waals surface area contributed by atoms with Crippen molar-refractivity contribution in [2.45, 2.75) is 11.8 Å². The molecule has 0 aliphatic carbocycles. The molecule has 0 radical (unpaired) electrons. The molecule has 0 aromatic heterocycles. The number of rotatable bonds is 7. The maximum atomic E-state index is 5.60. The summed E-state index contributed by atoms with van der Waals surface area (Å²) in [6.45, 7) is 4.06. The van der Waals surface area contributed by atoms with E-state index >= 15 is 0 Å². The van der Waals surface area contributed by atoms with Gasteiger partial charge in [0.05, 0.1) is 4.99 Å². The second-order valence-electron chi connectivity index (χ2n) is 4.23. The Hall–Kier alpha value is -0.580. The molecule has 0 saturated heterocycles. The summed E-state index contributed by atoms with van der Waals surface area (Å²) in [5.74, 6) is 1.38. The standard InChI is InChI=1S/C13H20N2S2/c1-11(13(14)16)10-15(2)8-9-17-12-6-4-3-5-7-12/h3-7,11H,8-10H2,1-2H3,(H2,14,16). The maximum absolute atomic E-state index is 5.60. The van der Waals surface area contributed by atoms with Crippen molar-refractivity contribution in [3.63, 3.8) is 0 Å². The first kappa shape index (κ1) is 14.5. The minimum Gasteiger partial charge on any atom is -0.393 e. The lowest BCUT2D eigenvalue weighted by Crippen LogP contribution is -2.32. The van der Waals surface area contributed by atoms with Gasteiger partial charge in [-0.15, -0.1) is 11.8 Å². The van der Waals surface area contributed by atoms with Gasteiger partial charge in [0.1, 0.15) is 0 Å². The van der Waals surface area contributed by atoms with Gasteiger partial charge in [0.2, 0.25) is 0 Å². The SMILES string of the molecule is CC(CN(C)CCSc1ccccc1)C(N)=S. The fourth-order valence-electron chi connectivity index (χ4n) is 1.48. The molecule has 94 valence electrons. The largest absolute Gasteiger partial charge is 0.393 e. The van der Waals surface area contributed by atoms with Crippen molar-refractivity contribution in [1.82, 2.24) is 4.90 Å². The average molecular weight is 268 g/mol. The highest BCUT2D eigenvalue weighted by Crippen LogP contribution is 2.16. The van der Waals surface area contributed by atoms with E-state index in [1.807, 2.05) is 17.8 Å². The van der Waals surface area contributed by atoms with Crippen LogP contribution in [0.15, 0.2) is 35.2 Å². The van der Waals surface area contributed by atoms with E-state index in [2.05, 4.69) is 43.1 Å². The van der Waals surface area contributed by atoms with E-state index in [9.17, 15) is 0 Å². The molecule has 1 unspecified atom stereocenters. The Bertz CT molecular complexity index is 341. The molecule has 0 saturated carbocycles. The molecule has 4 heteroatoms. The zero-order valence-electron chi connectivity index (χ0n) is 10.4. The minimum atomic E-state index is 0.289. The van der Waals surface area contributed by atoms with Gasteiger partial charge < -0.3 is 10.6 Å². The van der Waals surface area contributed by atoms with Gasteiger partial charge in [-0.1, -0.05) is 37.3 Å². The summed E-state index contributed by atoms with van der Waals surface area (Å²) < 4.78 is 0. The summed E-state index contributed by atoms with van der Waals surface area (Å²) in [4.78, 5) is 4.20. The third-order valence-corrected chi connectivity index (χ3v) is 3.95. The molecular formula is C13H20N2S2. The van der Waals surface area contributed by atoms with Crippen LogP contribution in [0, 0.1) is 5.92 Å².